The van der Waals surface area contributed by atoms with E-state index < -0.39 is 0 Å². The van der Waals surface area contributed by atoms with Gasteiger partial charge in [0.1, 0.15) is 5.58 Å². The van der Waals surface area contributed by atoms with Gasteiger partial charge in [0.2, 0.25) is 0 Å². The summed E-state index contributed by atoms with van der Waals surface area (Å²) >= 11 is 0. The Hall–Kier alpha value is -1.77. The van der Waals surface area contributed by atoms with Crippen LogP contribution in [-0.2, 0) is 0 Å². The maximum Gasteiger partial charge on any atom is 0.287 e. The van der Waals surface area contributed by atoms with Crippen molar-refractivity contribution in [2.75, 3.05) is 0 Å². The Bertz CT molecular complexity index is 642. The molecule has 4 atom stereocenters. The summed E-state index contributed by atoms with van der Waals surface area (Å²) in [7, 11) is 0. The van der Waals surface area contributed by atoms with E-state index in [-0.39, 0.29) is 11.9 Å². The molecule has 1 N–H and O–H groups in total. The molecule has 1 aromatic heterocycles. The van der Waals surface area contributed by atoms with E-state index in [9.17, 15) is 4.79 Å². The summed E-state index contributed by atoms with van der Waals surface area (Å²) in [6.45, 7) is 2.14. The van der Waals surface area contributed by atoms with Crippen LogP contribution in [0.2, 0.25) is 0 Å². The van der Waals surface area contributed by atoms with E-state index in [1.54, 1.807) is 0 Å². The molecule has 4 rings (SSSR count). The smallest absolute Gasteiger partial charge is 0.287 e. The molecular weight excluding hydrogens is 262 g/mol. The van der Waals surface area contributed by atoms with Crippen LogP contribution in [0.5, 0.6) is 0 Å². The maximum atomic E-state index is 12.4. The summed E-state index contributed by atoms with van der Waals surface area (Å²) in [5, 5.41) is 4.13. The zero-order chi connectivity index (χ0) is 14.4. The van der Waals surface area contributed by atoms with Crippen LogP contribution in [0.1, 0.15) is 43.2 Å². The maximum absolute atomic E-state index is 12.4. The Kier molecular flexibility index (Phi) is 3.02. The minimum atomic E-state index is -0.0820. The molecule has 0 spiro atoms. The lowest BCUT2D eigenvalue weighted by molar-refractivity contribution is 0.0889. The third kappa shape index (κ3) is 2.25. The van der Waals surface area contributed by atoms with Crippen molar-refractivity contribution in [2.24, 2.45) is 17.8 Å². The number of benzene rings is 1. The zero-order valence-electron chi connectivity index (χ0n) is 12.3. The lowest BCUT2D eigenvalue weighted by Crippen LogP contribution is -2.39. The van der Waals surface area contributed by atoms with E-state index in [1.807, 2.05) is 30.3 Å². The van der Waals surface area contributed by atoms with Crippen molar-refractivity contribution in [3.63, 3.8) is 0 Å². The fourth-order valence-corrected chi connectivity index (χ4v) is 4.39. The molecule has 3 nitrogen and oxygen atoms in total. The Labute approximate surface area is 124 Å². The quantitative estimate of drug-likeness (QED) is 0.925. The van der Waals surface area contributed by atoms with Gasteiger partial charge in [0.15, 0.2) is 5.76 Å². The van der Waals surface area contributed by atoms with Crippen LogP contribution in [0.4, 0.5) is 0 Å². The topological polar surface area (TPSA) is 42.2 Å². The fourth-order valence-electron chi connectivity index (χ4n) is 4.39. The average molecular weight is 283 g/mol. The highest BCUT2D eigenvalue weighted by Crippen LogP contribution is 2.49. The minimum Gasteiger partial charge on any atom is -0.451 e. The van der Waals surface area contributed by atoms with Crippen LogP contribution in [-0.4, -0.2) is 11.9 Å². The predicted molar refractivity (Wildman–Crippen MR) is 82.1 cm³/mol. The van der Waals surface area contributed by atoms with Crippen LogP contribution in [0, 0.1) is 17.8 Å². The second kappa shape index (κ2) is 4.90. The molecule has 1 amide bonds. The lowest BCUT2D eigenvalue weighted by atomic mass is 9.84. The molecule has 2 fully saturated rings. The van der Waals surface area contributed by atoms with Gasteiger partial charge < -0.3 is 9.73 Å². The van der Waals surface area contributed by atoms with Crippen LogP contribution in [0.25, 0.3) is 11.0 Å². The number of hydrogen-bond acceptors (Lipinski definition) is 2. The summed E-state index contributed by atoms with van der Waals surface area (Å²) in [4.78, 5) is 12.4. The first kappa shape index (κ1) is 12.9. The standard InChI is InChI=1S/C18H21NO2/c1-11(15-9-12-6-7-13(15)8-12)19-18(20)17-10-14-4-2-3-5-16(14)21-17/h2-5,10-13,15H,6-9H2,1H3,(H,19,20). The van der Waals surface area contributed by atoms with E-state index in [2.05, 4.69) is 12.2 Å². The van der Waals surface area contributed by atoms with Gasteiger partial charge in [-0.3, -0.25) is 4.79 Å². The molecule has 2 aromatic rings. The highest BCUT2D eigenvalue weighted by Gasteiger charge is 2.42. The van der Waals surface area contributed by atoms with Crippen LogP contribution < -0.4 is 5.32 Å². The lowest BCUT2D eigenvalue weighted by Gasteiger charge is -2.28. The van der Waals surface area contributed by atoms with Gasteiger partial charge >= 0.3 is 0 Å². The second-order valence-electron chi connectivity index (χ2n) is 6.75. The molecule has 0 radical (unpaired) electrons. The van der Waals surface area contributed by atoms with Gasteiger partial charge in [0.25, 0.3) is 5.91 Å². The molecule has 2 aliphatic rings. The number of hydrogen-bond donors (Lipinski definition) is 1. The first-order chi connectivity index (χ1) is 10.2. The molecule has 4 unspecified atom stereocenters. The average Bonchev–Trinajstić information content (AvgIpc) is 3.21. The summed E-state index contributed by atoms with van der Waals surface area (Å²) in [5.74, 6) is 2.72. The number of fused-ring (bicyclic) bond motifs is 3. The number of carbonyl (C=O) groups is 1. The first-order valence-corrected chi connectivity index (χ1v) is 8.00. The Balaban J connectivity index is 1.47. The van der Waals surface area contributed by atoms with Gasteiger partial charge in [-0.15, -0.1) is 0 Å². The second-order valence-corrected chi connectivity index (χ2v) is 6.75. The van der Waals surface area contributed by atoms with E-state index in [1.165, 1.54) is 25.7 Å². The van der Waals surface area contributed by atoms with E-state index in [0.717, 1.165) is 22.8 Å². The number of amides is 1. The van der Waals surface area contributed by atoms with Gasteiger partial charge in [-0.1, -0.05) is 24.6 Å². The van der Waals surface area contributed by atoms with Crippen molar-refractivity contribution >= 4 is 16.9 Å². The molecule has 0 saturated heterocycles. The monoisotopic (exact) mass is 283 g/mol. The van der Waals surface area contributed by atoms with Crippen molar-refractivity contribution in [2.45, 2.75) is 38.6 Å². The molecular formula is C18H21NO2. The van der Waals surface area contributed by atoms with Gasteiger partial charge in [-0.2, -0.15) is 0 Å². The molecule has 2 aliphatic carbocycles. The third-order valence-electron chi connectivity index (χ3n) is 5.44. The predicted octanol–water partition coefficient (Wildman–Crippen LogP) is 3.99. The number of rotatable bonds is 3. The molecule has 2 saturated carbocycles. The Morgan fingerprint density at radius 1 is 1.29 bits per heavy atom. The van der Waals surface area contributed by atoms with Gasteiger partial charge in [-0.25, -0.2) is 0 Å². The number of nitrogens with one attached hydrogen (secondary N) is 1. The number of para-hydroxylation sites is 1. The zero-order valence-corrected chi connectivity index (χ0v) is 12.3. The highest BCUT2D eigenvalue weighted by atomic mass is 16.3. The molecule has 21 heavy (non-hydrogen) atoms. The largest absolute Gasteiger partial charge is 0.451 e. The number of carbonyl (C=O) groups excluding carboxylic acids is 1. The van der Waals surface area contributed by atoms with E-state index in [4.69, 9.17) is 4.42 Å². The fraction of sp³-hybridized carbons (Fsp3) is 0.500. The summed E-state index contributed by atoms with van der Waals surface area (Å²) in [6, 6.07) is 9.81. The van der Waals surface area contributed by atoms with Crippen molar-refractivity contribution in [3.05, 3.63) is 36.1 Å². The van der Waals surface area contributed by atoms with E-state index >= 15 is 0 Å². The summed E-state index contributed by atoms with van der Waals surface area (Å²) in [6.07, 6.45) is 5.40. The normalized spacial score (nSPS) is 28.9. The summed E-state index contributed by atoms with van der Waals surface area (Å²) < 4.78 is 5.64. The molecule has 1 heterocycles. The Morgan fingerprint density at radius 2 is 2.14 bits per heavy atom. The molecule has 2 bridgehead atoms. The number of furan rings is 1. The van der Waals surface area contributed by atoms with Crippen molar-refractivity contribution in [1.29, 1.82) is 0 Å². The van der Waals surface area contributed by atoms with Crippen LogP contribution in [0.15, 0.2) is 34.7 Å². The highest BCUT2D eigenvalue weighted by molar-refractivity contribution is 5.96. The SMILES string of the molecule is CC(NC(=O)c1cc2ccccc2o1)C1CC2CCC1C2. The molecule has 0 aliphatic heterocycles. The molecule has 1 aromatic carbocycles. The van der Waals surface area contributed by atoms with E-state index in [0.29, 0.717) is 11.7 Å². The summed E-state index contributed by atoms with van der Waals surface area (Å²) in [5.41, 5.74) is 0.773. The molecule has 3 heteroatoms. The minimum absolute atomic E-state index is 0.0820. The van der Waals surface area contributed by atoms with Gasteiger partial charge in [-0.05, 0) is 56.1 Å². The van der Waals surface area contributed by atoms with Gasteiger partial charge in [0, 0.05) is 11.4 Å². The Morgan fingerprint density at radius 3 is 2.86 bits per heavy atom. The third-order valence-corrected chi connectivity index (χ3v) is 5.44. The van der Waals surface area contributed by atoms with Crippen molar-refractivity contribution < 1.29 is 9.21 Å². The van der Waals surface area contributed by atoms with Crippen LogP contribution >= 0.6 is 0 Å². The van der Waals surface area contributed by atoms with Gasteiger partial charge in [0.05, 0.1) is 0 Å². The van der Waals surface area contributed by atoms with Crippen molar-refractivity contribution in [3.8, 4) is 0 Å². The molecule has 110 valence electrons. The first-order valence-electron chi connectivity index (χ1n) is 8.00. The van der Waals surface area contributed by atoms with Crippen LogP contribution in [0.3, 0.4) is 0 Å². The van der Waals surface area contributed by atoms with Crippen molar-refractivity contribution in [1.82, 2.24) is 5.32 Å².